The van der Waals surface area contributed by atoms with Crippen LogP contribution < -0.4 is 20.3 Å². The molecule has 0 spiro atoms. The Balaban J connectivity index is 2.17. The minimum atomic E-state index is -0.743. The first-order valence-corrected chi connectivity index (χ1v) is 6.41. The van der Waals surface area contributed by atoms with Crippen LogP contribution in [0.5, 0.6) is 17.2 Å². The van der Waals surface area contributed by atoms with Crippen LogP contribution >= 0.6 is 0 Å². The molecule has 0 saturated carbocycles. The van der Waals surface area contributed by atoms with Crippen molar-refractivity contribution in [1.82, 2.24) is 0 Å². The number of carbonyl (C=O) groups excluding carboxylic acids is 2. The van der Waals surface area contributed by atoms with Gasteiger partial charge >= 0.3 is 0 Å². The summed E-state index contributed by atoms with van der Waals surface area (Å²) in [4.78, 5) is 46.8. The Morgan fingerprint density at radius 3 is 1.91 bits per heavy atom. The predicted octanol–water partition coefficient (Wildman–Crippen LogP) is 1.33. The van der Waals surface area contributed by atoms with Gasteiger partial charge in [-0.1, -0.05) is 0 Å². The number of hydrogen-bond donors (Lipinski definition) is 0. The Kier molecular flexibility index (Phi) is 3.02. The fraction of sp³-hybridized carbons (Fsp3) is 0.125. The van der Waals surface area contributed by atoms with Gasteiger partial charge in [0.25, 0.3) is 5.43 Å². The first-order chi connectivity index (χ1) is 10.5. The highest BCUT2D eigenvalue weighted by Crippen LogP contribution is 2.36. The van der Waals surface area contributed by atoms with Crippen LogP contribution in [0.4, 0.5) is 0 Å². The summed E-state index contributed by atoms with van der Waals surface area (Å²) in [5, 5.41) is 0. The molecule has 0 unspecified atom stereocenters. The number of rotatable bonds is 3. The van der Waals surface area contributed by atoms with Gasteiger partial charge < -0.3 is 9.47 Å². The molecule has 1 aliphatic rings. The maximum Gasteiger partial charge on any atom is 0.268 e. The maximum absolute atomic E-state index is 12.1. The van der Waals surface area contributed by atoms with E-state index < -0.39 is 22.4 Å². The molecule has 6 nitrogen and oxygen atoms in total. The van der Waals surface area contributed by atoms with Gasteiger partial charge in [0.2, 0.25) is 5.43 Å². The third kappa shape index (κ3) is 1.81. The van der Waals surface area contributed by atoms with Gasteiger partial charge in [-0.15, -0.1) is 0 Å². The standard InChI is InChI=1S/C16H10O6/c1-7-14(19)15(20)16(7)22-11-6-5-10(21-2)12-8(17)3-4-9(18)13(11)12/h3-6H,1-2H3. The Labute approximate surface area is 124 Å². The molecule has 0 heterocycles. The van der Waals surface area contributed by atoms with Crippen molar-refractivity contribution >= 4 is 11.6 Å². The molecular formula is C16H10O6. The monoisotopic (exact) mass is 298 g/mol. The molecule has 0 N–H and O–H groups in total. The Hall–Kier alpha value is -3.02. The molecule has 0 aliphatic heterocycles. The summed E-state index contributed by atoms with van der Waals surface area (Å²) in [5.74, 6) is -0.633. The van der Waals surface area contributed by atoms with Crippen molar-refractivity contribution in [3.05, 3.63) is 61.4 Å². The number of ketones is 2. The molecule has 2 aromatic carbocycles. The molecule has 1 aliphatic carbocycles. The zero-order valence-corrected chi connectivity index (χ0v) is 11.8. The number of hydrogen-bond acceptors (Lipinski definition) is 6. The van der Waals surface area contributed by atoms with E-state index in [1.165, 1.54) is 26.2 Å². The van der Waals surface area contributed by atoms with Gasteiger partial charge in [-0.2, -0.15) is 0 Å². The van der Waals surface area contributed by atoms with Crippen LogP contribution in [0.15, 0.2) is 33.9 Å². The molecule has 0 atom stereocenters. The molecule has 0 radical (unpaired) electrons. The quantitative estimate of drug-likeness (QED) is 0.794. The summed E-state index contributed by atoms with van der Waals surface area (Å²) in [5.41, 5.74) is -1.05. The third-order valence-corrected chi connectivity index (χ3v) is 3.53. The number of benzene rings is 1. The first-order valence-electron chi connectivity index (χ1n) is 6.41. The lowest BCUT2D eigenvalue weighted by atomic mass is 9.93. The van der Waals surface area contributed by atoms with Gasteiger partial charge in [0.1, 0.15) is 11.5 Å². The highest BCUT2D eigenvalue weighted by atomic mass is 16.5. The van der Waals surface area contributed by atoms with Gasteiger partial charge in [0.05, 0.1) is 18.2 Å². The van der Waals surface area contributed by atoms with Crippen LogP contribution in [0, 0.1) is 6.92 Å². The molecule has 6 heteroatoms. The molecule has 0 aromatic heterocycles. The van der Waals surface area contributed by atoms with E-state index in [2.05, 4.69) is 0 Å². The molecule has 3 rings (SSSR count). The lowest BCUT2D eigenvalue weighted by Gasteiger charge is -2.18. The molecule has 2 aromatic rings. The predicted molar refractivity (Wildman–Crippen MR) is 77.0 cm³/mol. The van der Waals surface area contributed by atoms with Crippen LogP contribution in [0.1, 0.15) is 26.3 Å². The number of ether oxygens (including phenoxy) is 2. The summed E-state index contributed by atoms with van der Waals surface area (Å²) in [6.07, 6.45) is 2.28. The number of allylic oxidation sites excluding steroid dienone is 2. The van der Waals surface area contributed by atoms with Crippen molar-refractivity contribution in [2.45, 2.75) is 6.92 Å². The summed E-state index contributed by atoms with van der Waals surface area (Å²) in [6, 6.07) is 2.90. The Morgan fingerprint density at radius 2 is 1.36 bits per heavy atom. The topological polar surface area (TPSA) is 86.7 Å². The largest absolute Gasteiger partial charge is 0.496 e. The molecule has 0 bridgehead atoms. The van der Waals surface area contributed by atoms with Crippen LogP contribution in [0.2, 0.25) is 0 Å². The third-order valence-electron chi connectivity index (χ3n) is 3.53. The molecular weight excluding hydrogens is 288 g/mol. The van der Waals surface area contributed by atoms with E-state index in [0.717, 1.165) is 12.2 Å². The van der Waals surface area contributed by atoms with Crippen LogP contribution in [0.3, 0.4) is 0 Å². The van der Waals surface area contributed by atoms with E-state index >= 15 is 0 Å². The lowest BCUT2D eigenvalue weighted by molar-refractivity contribution is 0.0989. The van der Waals surface area contributed by atoms with Crippen molar-refractivity contribution in [2.75, 3.05) is 7.11 Å². The average Bonchev–Trinajstić information content (AvgIpc) is 2.54. The SMILES string of the molecule is COc1ccc(Oc2c(C)c(=O)c2=O)c2c1C(=O)C=CC2=O. The van der Waals surface area contributed by atoms with Crippen molar-refractivity contribution in [3.63, 3.8) is 0 Å². The molecule has 0 saturated heterocycles. The number of methoxy groups -OCH3 is 1. The Morgan fingerprint density at radius 1 is 0.818 bits per heavy atom. The highest BCUT2D eigenvalue weighted by molar-refractivity contribution is 6.24. The van der Waals surface area contributed by atoms with E-state index in [0.29, 0.717) is 0 Å². The molecule has 0 amide bonds. The van der Waals surface area contributed by atoms with E-state index in [4.69, 9.17) is 9.47 Å². The summed E-state index contributed by atoms with van der Waals surface area (Å²) < 4.78 is 10.5. The maximum atomic E-state index is 12.1. The van der Waals surface area contributed by atoms with E-state index in [-0.39, 0.29) is 33.9 Å². The number of fused-ring (bicyclic) bond motifs is 1. The van der Waals surface area contributed by atoms with Gasteiger partial charge in [0, 0.05) is 5.56 Å². The zero-order chi connectivity index (χ0) is 16.0. The summed E-state index contributed by atoms with van der Waals surface area (Å²) in [6.45, 7) is 1.46. The van der Waals surface area contributed by atoms with Crippen LogP contribution in [-0.2, 0) is 0 Å². The van der Waals surface area contributed by atoms with Gasteiger partial charge in [-0.25, -0.2) is 0 Å². The van der Waals surface area contributed by atoms with Crippen molar-refractivity contribution in [3.8, 4) is 17.2 Å². The van der Waals surface area contributed by atoms with Crippen molar-refractivity contribution < 1.29 is 19.1 Å². The van der Waals surface area contributed by atoms with Crippen molar-refractivity contribution in [2.24, 2.45) is 0 Å². The lowest BCUT2D eigenvalue weighted by Crippen LogP contribution is -2.34. The number of carbonyl (C=O) groups is 2. The van der Waals surface area contributed by atoms with E-state index in [9.17, 15) is 19.2 Å². The average molecular weight is 298 g/mol. The smallest absolute Gasteiger partial charge is 0.268 e. The second kappa shape index (κ2) is 4.77. The van der Waals surface area contributed by atoms with E-state index in [1.807, 2.05) is 0 Å². The first kappa shape index (κ1) is 13.9. The minimum Gasteiger partial charge on any atom is -0.496 e. The molecule has 110 valence electrons. The second-order valence-corrected chi connectivity index (χ2v) is 4.79. The van der Waals surface area contributed by atoms with Crippen molar-refractivity contribution in [1.29, 1.82) is 0 Å². The normalized spacial score (nSPS) is 13.4. The summed E-state index contributed by atoms with van der Waals surface area (Å²) in [7, 11) is 1.38. The molecule has 0 fully saturated rings. The molecule has 22 heavy (non-hydrogen) atoms. The zero-order valence-electron chi connectivity index (χ0n) is 11.8. The van der Waals surface area contributed by atoms with Gasteiger partial charge in [-0.3, -0.25) is 19.2 Å². The van der Waals surface area contributed by atoms with Gasteiger partial charge in [-0.05, 0) is 31.2 Å². The second-order valence-electron chi connectivity index (χ2n) is 4.79. The van der Waals surface area contributed by atoms with Crippen LogP contribution in [0.25, 0.3) is 0 Å². The van der Waals surface area contributed by atoms with Gasteiger partial charge in [0.15, 0.2) is 17.3 Å². The Bertz CT molecular complexity index is 925. The highest BCUT2D eigenvalue weighted by Gasteiger charge is 2.29. The fourth-order valence-electron chi connectivity index (χ4n) is 2.34. The summed E-state index contributed by atoms with van der Waals surface area (Å²) >= 11 is 0. The van der Waals surface area contributed by atoms with Crippen LogP contribution in [-0.4, -0.2) is 18.7 Å². The fourth-order valence-corrected chi connectivity index (χ4v) is 2.34. The minimum absolute atomic E-state index is 0.0271. The van der Waals surface area contributed by atoms with E-state index in [1.54, 1.807) is 0 Å².